The van der Waals surface area contributed by atoms with Crippen LogP contribution in [-0.4, -0.2) is 65.2 Å². The molecule has 34 heavy (non-hydrogen) atoms. The van der Waals surface area contributed by atoms with Crippen molar-refractivity contribution in [3.63, 3.8) is 0 Å². The number of nitrogens with zero attached hydrogens (tertiary/aromatic N) is 6. The number of anilines is 2. The quantitative estimate of drug-likeness (QED) is 0.573. The van der Waals surface area contributed by atoms with Crippen LogP contribution in [0.3, 0.4) is 0 Å². The first-order valence-corrected chi connectivity index (χ1v) is 12.2. The number of rotatable bonds is 5. The van der Waals surface area contributed by atoms with Crippen molar-refractivity contribution in [2.75, 3.05) is 49.1 Å². The third kappa shape index (κ3) is 4.76. The molecular weight excluding hydrogens is 428 g/mol. The lowest BCUT2D eigenvalue weighted by Gasteiger charge is -2.38. The molecule has 0 saturated carbocycles. The molecule has 8 nitrogen and oxygen atoms in total. The summed E-state index contributed by atoms with van der Waals surface area (Å²) in [5.74, 6) is 2.41. The van der Waals surface area contributed by atoms with E-state index in [9.17, 15) is 4.79 Å². The predicted octanol–water partition coefficient (Wildman–Crippen LogP) is 3.82. The number of carbonyl (C=O) groups is 1. The monoisotopic (exact) mass is 460 g/mol. The van der Waals surface area contributed by atoms with E-state index in [1.165, 1.54) is 5.56 Å². The van der Waals surface area contributed by atoms with Gasteiger partial charge in [-0.05, 0) is 36.5 Å². The van der Waals surface area contributed by atoms with Gasteiger partial charge in [-0.25, -0.2) is 4.98 Å². The Morgan fingerprint density at radius 2 is 1.68 bits per heavy atom. The van der Waals surface area contributed by atoms with E-state index in [2.05, 4.69) is 50.9 Å². The van der Waals surface area contributed by atoms with Crippen molar-refractivity contribution >= 4 is 17.7 Å². The summed E-state index contributed by atoms with van der Waals surface area (Å²) in [7, 11) is 0. The van der Waals surface area contributed by atoms with E-state index in [-0.39, 0.29) is 11.8 Å². The lowest BCUT2D eigenvalue weighted by Crippen LogP contribution is -2.52. The Balaban J connectivity index is 1.13. The van der Waals surface area contributed by atoms with Crippen molar-refractivity contribution < 1.29 is 9.32 Å². The zero-order valence-corrected chi connectivity index (χ0v) is 19.9. The number of piperazine rings is 1. The lowest BCUT2D eigenvalue weighted by molar-refractivity contribution is -0.136. The molecule has 178 valence electrons. The number of hydrogen-bond acceptors (Lipinski definition) is 7. The highest BCUT2D eigenvalue weighted by Crippen LogP contribution is 2.27. The van der Waals surface area contributed by atoms with Crippen molar-refractivity contribution in [3.8, 4) is 11.4 Å². The van der Waals surface area contributed by atoms with Crippen LogP contribution in [0.2, 0.25) is 0 Å². The lowest BCUT2D eigenvalue weighted by atomic mass is 9.95. The van der Waals surface area contributed by atoms with E-state index in [0.717, 1.165) is 63.5 Å². The molecule has 8 heteroatoms. The van der Waals surface area contributed by atoms with Gasteiger partial charge in [-0.1, -0.05) is 49.3 Å². The van der Waals surface area contributed by atoms with Crippen molar-refractivity contribution in [1.29, 1.82) is 0 Å². The van der Waals surface area contributed by atoms with Crippen LogP contribution < -0.4 is 9.80 Å². The van der Waals surface area contributed by atoms with Crippen molar-refractivity contribution in [3.05, 3.63) is 54.2 Å². The summed E-state index contributed by atoms with van der Waals surface area (Å²) < 4.78 is 5.56. The fraction of sp³-hybridized carbons (Fsp3) is 0.462. The van der Waals surface area contributed by atoms with Crippen LogP contribution in [0, 0.1) is 5.92 Å². The standard InChI is InChI=1S/C26H32N6O2/c1-19(2)20-6-8-21(9-7-20)24-28-26(34-29-24)32-13-10-22(11-14-32)25(33)31-17-15-30(16-18-31)23-5-3-4-12-27-23/h3-9,12,19,22H,10-11,13-18H2,1-2H3. The second kappa shape index (κ2) is 9.83. The Morgan fingerprint density at radius 1 is 0.941 bits per heavy atom. The minimum atomic E-state index is 0.0589. The molecule has 1 amide bonds. The molecule has 0 atom stereocenters. The molecule has 0 aliphatic carbocycles. The Kier molecular flexibility index (Phi) is 6.47. The highest BCUT2D eigenvalue weighted by atomic mass is 16.5. The first-order valence-electron chi connectivity index (χ1n) is 12.2. The van der Waals surface area contributed by atoms with Gasteiger partial charge in [0.2, 0.25) is 11.7 Å². The molecule has 2 aliphatic heterocycles. The zero-order chi connectivity index (χ0) is 23.5. The number of aromatic nitrogens is 3. The molecule has 5 rings (SSSR count). The highest BCUT2D eigenvalue weighted by Gasteiger charge is 2.32. The zero-order valence-electron chi connectivity index (χ0n) is 19.9. The molecule has 0 unspecified atom stereocenters. The summed E-state index contributed by atoms with van der Waals surface area (Å²) in [6, 6.07) is 14.8. The van der Waals surface area contributed by atoms with E-state index in [1.807, 2.05) is 41.4 Å². The van der Waals surface area contributed by atoms with Crippen LogP contribution in [0.25, 0.3) is 11.4 Å². The van der Waals surface area contributed by atoms with Gasteiger partial charge < -0.3 is 19.2 Å². The molecule has 2 saturated heterocycles. The van der Waals surface area contributed by atoms with Gasteiger partial charge in [0, 0.05) is 56.9 Å². The molecule has 0 N–H and O–H groups in total. The van der Waals surface area contributed by atoms with Crippen LogP contribution in [0.15, 0.2) is 53.2 Å². The van der Waals surface area contributed by atoms with Crippen molar-refractivity contribution in [1.82, 2.24) is 20.0 Å². The maximum absolute atomic E-state index is 13.1. The van der Waals surface area contributed by atoms with E-state index >= 15 is 0 Å². The second-order valence-electron chi connectivity index (χ2n) is 9.44. The van der Waals surface area contributed by atoms with Crippen LogP contribution in [-0.2, 0) is 4.79 Å². The Morgan fingerprint density at radius 3 is 2.32 bits per heavy atom. The molecule has 2 fully saturated rings. The molecule has 4 heterocycles. The summed E-state index contributed by atoms with van der Waals surface area (Å²) in [5, 5.41) is 4.18. The molecule has 2 aliphatic rings. The summed E-state index contributed by atoms with van der Waals surface area (Å²) >= 11 is 0. The molecule has 0 radical (unpaired) electrons. The minimum Gasteiger partial charge on any atom is -0.353 e. The second-order valence-corrected chi connectivity index (χ2v) is 9.44. The average Bonchev–Trinajstić information content (AvgIpc) is 3.39. The Labute approximate surface area is 200 Å². The maximum atomic E-state index is 13.1. The summed E-state index contributed by atoms with van der Waals surface area (Å²) in [6.07, 6.45) is 3.43. The largest absolute Gasteiger partial charge is 0.353 e. The Bertz CT molecular complexity index is 1080. The minimum absolute atomic E-state index is 0.0589. The van der Waals surface area contributed by atoms with Gasteiger partial charge >= 0.3 is 6.01 Å². The van der Waals surface area contributed by atoms with Crippen LogP contribution >= 0.6 is 0 Å². The van der Waals surface area contributed by atoms with Gasteiger partial charge in [-0.15, -0.1) is 0 Å². The predicted molar refractivity (Wildman–Crippen MR) is 132 cm³/mol. The normalized spacial score (nSPS) is 17.4. The maximum Gasteiger partial charge on any atom is 0.324 e. The number of carbonyl (C=O) groups excluding carboxylic acids is 1. The molecule has 2 aromatic heterocycles. The van der Waals surface area contributed by atoms with Gasteiger partial charge in [-0.2, -0.15) is 4.98 Å². The average molecular weight is 461 g/mol. The molecular formula is C26H32N6O2. The SMILES string of the molecule is CC(C)c1ccc(-c2noc(N3CCC(C(=O)N4CCN(c5ccccn5)CC4)CC3)n2)cc1. The van der Waals surface area contributed by atoms with Crippen molar-refractivity contribution in [2.24, 2.45) is 5.92 Å². The van der Waals surface area contributed by atoms with Gasteiger partial charge in [-0.3, -0.25) is 4.79 Å². The van der Waals surface area contributed by atoms with Gasteiger partial charge in [0.25, 0.3) is 0 Å². The van der Waals surface area contributed by atoms with Gasteiger partial charge in [0.1, 0.15) is 5.82 Å². The van der Waals surface area contributed by atoms with E-state index in [0.29, 0.717) is 17.8 Å². The first kappa shape index (κ1) is 22.4. The number of amides is 1. The van der Waals surface area contributed by atoms with Gasteiger partial charge in [0.15, 0.2) is 0 Å². The third-order valence-corrected chi connectivity index (χ3v) is 6.93. The first-order chi connectivity index (χ1) is 16.6. The topological polar surface area (TPSA) is 78.6 Å². The molecule has 0 bridgehead atoms. The fourth-order valence-corrected chi connectivity index (χ4v) is 4.75. The summed E-state index contributed by atoms with van der Waals surface area (Å²) in [4.78, 5) is 28.5. The Hall–Kier alpha value is -3.42. The van der Waals surface area contributed by atoms with Gasteiger partial charge in [0.05, 0.1) is 0 Å². The number of benzene rings is 1. The van der Waals surface area contributed by atoms with Crippen LogP contribution in [0.1, 0.15) is 38.2 Å². The van der Waals surface area contributed by atoms with Crippen molar-refractivity contribution in [2.45, 2.75) is 32.6 Å². The highest BCUT2D eigenvalue weighted by molar-refractivity contribution is 5.79. The van der Waals surface area contributed by atoms with E-state index in [1.54, 1.807) is 0 Å². The van der Waals surface area contributed by atoms with E-state index in [4.69, 9.17) is 4.52 Å². The molecule has 0 spiro atoms. The summed E-state index contributed by atoms with van der Waals surface area (Å²) in [6.45, 7) is 9.00. The number of pyridine rings is 1. The molecule has 1 aromatic carbocycles. The third-order valence-electron chi connectivity index (χ3n) is 6.93. The smallest absolute Gasteiger partial charge is 0.324 e. The fourth-order valence-electron chi connectivity index (χ4n) is 4.75. The van der Waals surface area contributed by atoms with E-state index < -0.39 is 0 Å². The van der Waals surface area contributed by atoms with Crippen LogP contribution in [0.4, 0.5) is 11.8 Å². The summed E-state index contributed by atoms with van der Waals surface area (Å²) in [5.41, 5.74) is 2.24. The molecule has 3 aromatic rings. The number of piperidine rings is 1. The van der Waals surface area contributed by atoms with Crippen LogP contribution in [0.5, 0.6) is 0 Å². The number of hydrogen-bond donors (Lipinski definition) is 0.